The number of hydrogen-bond acceptors (Lipinski definition) is 3. The third kappa shape index (κ3) is 2.15. The van der Waals surface area contributed by atoms with Crippen LogP contribution in [0.15, 0.2) is 12.5 Å². The highest BCUT2D eigenvalue weighted by molar-refractivity contribution is 5.94. The molecule has 0 aliphatic heterocycles. The average molecular weight is 209 g/mol. The van der Waals surface area contributed by atoms with Crippen molar-refractivity contribution in [3.63, 3.8) is 0 Å². The fraction of sp³-hybridized carbons (Fsp3) is 0.444. The zero-order valence-corrected chi connectivity index (χ0v) is 7.93. The normalized spacial score (nSPS) is 17.1. The smallest absolute Gasteiger partial charge is 0.326 e. The van der Waals surface area contributed by atoms with E-state index in [0.29, 0.717) is 0 Å². The van der Waals surface area contributed by atoms with Gasteiger partial charge in [-0.2, -0.15) is 0 Å². The fourth-order valence-corrected chi connectivity index (χ4v) is 1.41. The average Bonchev–Trinajstić information content (AvgIpc) is 2.87. The monoisotopic (exact) mass is 209 g/mol. The standard InChI is InChI=1S/C9H11N3O3/c13-8(6-3-10-4-11-6)12-7(9(14)15)5-1-2-5/h3-5,7H,1-2H2,(H,10,11)(H,12,13)(H,14,15). The molecule has 1 aromatic rings. The van der Waals surface area contributed by atoms with Crippen LogP contribution in [-0.2, 0) is 4.79 Å². The van der Waals surface area contributed by atoms with Crippen molar-refractivity contribution >= 4 is 11.9 Å². The van der Waals surface area contributed by atoms with Gasteiger partial charge in [-0.1, -0.05) is 0 Å². The lowest BCUT2D eigenvalue weighted by Gasteiger charge is -2.12. The van der Waals surface area contributed by atoms with Crippen molar-refractivity contribution < 1.29 is 14.7 Å². The highest BCUT2D eigenvalue weighted by Crippen LogP contribution is 2.32. The first-order valence-corrected chi connectivity index (χ1v) is 4.70. The first-order chi connectivity index (χ1) is 7.18. The molecule has 0 aromatic carbocycles. The molecule has 1 amide bonds. The lowest BCUT2D eigenvalue weighted by Crippen LogP contribution is -2.42. The summed E-state index contributed by atoms with van der Waals surface area (Å²) in [5.41, 5.74) is 0.280. The van der Waals surface area contributed by atoms with Crippen LogP contribution in [0.5, 0.6) is 0 Å². The summed E-state index contributed by atoms with van der Waals surface area (Å²) in [4.78, 5) is 28.7. The molecule has 1 unspecified atom stereocenters. The first kappa shape index (κ1) is 9.70. The summed E-state index contributed by atoms with van der Waals surface area (Å²) in [5, 5.41) is 11.4. The SMILES string of the molecule is O=C(NC(C(=O)O)C1CC1)c1cnc[nH]1. The molecule has 0 radical (unpaired) electrons. The van der Waals surface area contributed by atoms with Gasteiger partial charge in [-0.3, -0.25) is 4.79 Å². The Labute approximate surface area is 85.7 Å². The Bertz CT molecular complexity index is 370. The number of aliphatic carboxylic acids is 1. The van der Waals surface area contributed by atoms with Crippen molar-refractivity contribution in [1.29, 1.82) is 0 Å². The van der Waals surface area contributed by atoms with Crippen molar-refractivity contribution in [2.24, 2.45) is 5.92 Å². The minimum absolute atomic E-state index is 0.0781. The molecule has 1 heterocycles. The molecule has 1 aliphatic carbocycles. The number of imidazole rings is 1. The van der Waals surface area contributed by atoms with E-state index in [1.54, 1.807) is 0 Å². The van der Waals surface area contributed by atoms with Crippen LogP contribution in [0, 0.1) is 5.92 Å². The molecule has 1 aromatic heterocycles. The molecule has 2 rings (SSSR count). The van der Waals surface area contributed by atoms with E-state index in [2.05, 4.69) is 15.3 Å². The van der Waals surface area contributed by atoms with Crippen LogP contribution in [0.1, 0.15) is 23.3 Å². The summed E-state index contributed by atoms with van der Waals surface area (Å²) in [6.45, 7) is 0. The molecule has 0 spiro atoms. The number of aromatic amines is 1. The van der Waals surface area contributed by atoms with Crippen LogP contribution in [0.25, 0.3) is 0 Å². The number of carboxylic acids is 1. The first-order valence-electron chi connectivity index (χ1n) is 4.70. The summed E-state index contributed by atoms with van der Waals surface area (Å²) < 4.78 is 0. The van der Waals surface area contributed by atoms with E-state index in [9.17, 15) is 9.59 Å². The molecular weight excluding hydrogens is 198 g/mol. The highest BCUT2D eigenvalue weighted by atomic mass is 16.4. The predicted octanol–water partition coefficient (Wildman–Crippen LogP) is 0.00270. The molecule has 80 valence electrons. The Hall–Kier alpha value is -1.85. The number of nitrogens with zero attached hydrogens (tertiary/aromatic N) is 1. The summed E-state index contributed by atoms with van der Waals surface area (Å²) in [5.74, 6) is -1.33. The van der Waals surface area contributed by atoms with Crippen molar-refractivity contribution in [2.75, 3.05) is 0 Å². The Balaban J connectivity index is 2.00. The Kier molecular flexibility index (Phi) is 2.40. The topological polar surface area (TPSA) is 95.1 Å². The number of rotatable bonds is 4. The van der Waals surface area contributed by atoms with E-state index in [1.165, 1.54) is 12.5 Å². The molecule has 1 fully saturated rings. The molecular formula is C9H11N3O3. The van der Waals surface area contributed by atoms with Crippen molar-refractivity contribution in [3.8, 4) is 0 Å². The molecule has 1 aliphatic rings. The largest absolute Gasteiger partial charge is 0.480 e. The maximum atomic E-state index is 11.5. The number of carbonyl (C=O) groups is 2. The number of hydrogen-bond donors (Lipinski definition) is 3. The molecule has 1 saturated carbocycles. The van der Waals surface area contributed by atoms with E-state index in [-0.39, 0.29) is 11.6 Å². The van der Waals surface area contributed by atoms with Gasteiger partial charge in [0.2, 0.25) is 0 Å². The van der Waals surface area contributed by atoms with E-state index in [4.69, 9.17) is 5.11 Å². The van der Waals surface area contributed by atoms with Crippen LogP contribution in [0.3, 0.4) is 0 Å². The van der Waals surface area contributed by atoms with E-state index in [0.717, 1.165) is 12.8 Å². The van der Waals surface area contributed by atoms with Crippen LogP contribution in [-0.4, -0.2) is 33.0 Å². The van der Waals surface area contributed by atoms with Gasteiger partial charge in [-0.25, -0.2) is 9.78 Å². The number of nitrogens with one attached hydrogen (secondary N) is 2. The van der Waals surface area contributed by atoms with Gasteiger partial charge in [0.15, 0.2) is 0 Å². The van der Waals surface area contributed by atoms with Gasteiger partial charge >= 0.3 is 5.97 Å². The second-order valence-corrected chi connectivity index (χ2v) is 3.59. The van der Waals surface area contributed by atoms with Gasteiger partial charge in [0.25, 0.3) is 5.91 Å². The quantitative estimate of drug-likeness (QED) is 0.650. The molecule has 1 atom stereocenters. The van der Waals surface area contributed by atoms with Crippen molar-refractivity contribution in [2.45, 2.75) is 18.9 Å². The molecule has 6 nitrogen and oxygen atoms in total. The van der Waals surface area contributed by atoms with Crippen LogP contribution in [0.2, 0.25) is 0 Å². The minimum atomic E-state index is -0.981. The number of carboxylic acid groups (broad SMARTS) is 1. The maximum absolute atomic E-state index is 11.5. The number of aromatic nitrogens is 2. The maximum Gasteiger partial charge on any atom is 0.326 e. The molecule has 3 N–H and O–H groups in total. The van der Waals surface area contributed by atoms with Crippen LogP contribution < -0.4 is 5.32 Å². The Morgan fingerprint density at radius 2 is 2.33 bits per heavy atom. The summed E-state index contributed by atoms with van der Waals surface area (Å²) in [7, 11) is 0. The Morgan fingerprint density at radius 1 is 1.60 bits per heavy atom. The molecule has 0 saturated heterocycles. The van der Waals surface area contributed by atoms with Gasteiger partial charge in [0, 0.05) is 0 Å². The van der Waals surface area contributed by atoms with Gasteiger partial charge in [-0.15, -0.1) is 0 Å². The fourth-order valence-electron chi connectivity index (χ4n) is 1.41. The molecule has 15 heavy (non-hydrogen) atoms. The third-order valence-corrected chi connectivity index (χ3v) is 2.39. The second-order valence-electron chi connectivity index (χ2n) is 3.59. The van der Waals surface area contributed by atoms with Gasteiger partial charge in [0.1, 0.15) is 11.7 Å². The van der Waals surface area contributed by atoms with E-state index >= 15 is 0 Å². The van der Waals surface area contributed by atoms with E-state index in [1.807, 2.05) is 0 Å². The lowest BCUT2D eigenvalue weighted by atomic mass is 10.2. The predicted molar refractivity (Wildman–Crippen MR) is 50.2 cm³/mol. The van der Waals surface area contributed by atoms with Crippen LogP contribution >= 0.6 is 0 Å². The van der Waals surface area contributed by atoms with Gasteiger partial charge in [0.05, 0.1) is 12.5 Å². The number of amides is 1. The van der Waals surface area contributed by atoms with Crippen molar-refractivity contribution in [1.82, 2.24) is 15.3 Å². The minimum Gasteiger partial charge on any atom is -0.480 e. The zero-order valence-electron chi connectivity index (χ0n) is 7.93. The number of H-pyrrole nitrogens is 1. The summed E-state index contributed by atoms with van der Waals surface area (Å²) in [6, 6.07) is -0.777. The summed E-state index contributed by atoms with van der Waals surface area (Å²) in [6.07, 6.45) is 4.46. The zero-order chi connectivity index (χ0) is 10.8. The Morgan fingerprint density at radius 3 is 2.80 bits per heavy atom. The van der Waals surface area contributed by atoms with Crippen molar-refractivity contribution in [3.05, 3.63) is 18.2 Å². The third-order valence-electron chi connectivity index (χ3n) is 2.39. The molecule has 6 heteroatoms. The second kappa shape index (κ2) is 3.72. The van der Waals surface area contributed by atoms with Gasteiger partial charge in [-0.05, 0) is 18.8 Å². The number of carbonyl (C=O) groups excluding carboxylic acids is 1. The van der Waals surface area contributed by atoms with Gasteiger partial charge < -0.3 is 15.4 Å². The van der Waals surface area contributed by atoms with Crippen LogP contribution in [0.4, 0.5) is 0 Å². The van der Waals surface area contributed by atoms with E-state index < -0.39 is 17.9 Å². The summed E-state index contributed by atoms with van der Waals surface area (Å²) >= 11 is 0. The lowest BCUT2D eigenvalue weighted by molar-refractivity contribution is -0.139. The molecule has 0 bridgehead atoms. The highest BCUT2D eigenvalue weighted by Gasteiger charge is 2.37.